The molecule has 4 aromatic rings. The van der Waals surface area contributed by atoms with Gasteiger partial charge in [0, 0.05) is 25.6 Å². The van der Waals surface area contributed by atoms with Crippen molar-refractivity contribution in [1.82, 2.24) is 4.57 Å². The zero-order valence-corrected chi connectivity index (χ0v) is 28.1. The number of aromatic nitrogens is 1. The zero-order chi connectivity index (χ0) is 31.4. The minimum absolute atomic E-state index is 0.195. The van der Waals surface area contributed by atoms with Gasteiger partial charge in [-0.2, -0.15) is 0 Å². The Morgan fingerprint density at radius 3 is 2.55 bits per heavy atom. The smallest absolute Gasteiger partial charge is 0.338 e. The highest BCUT2D eigenvalue weighted by Crippen LogP contribution is 2.38. The first kappa shape index (κ1) is 32.0. The maximum absolute atomic E-state index is 14.1. The molecule has 0 radical (unpaired) electrons. The van der Waals surface area contributed by atoms with Gasteiger partial charge in [0.05, 0.1) is 29.5 Å². The first-order valence-electron chi connectivity index (χ1n) is 14.0. The van der Waals surface area contributed by atoms with E-state index in [0.29, 0.717) is 54.1 Å². The van der Waals surface area contributed by atoms with Crippen LogP contribution in [0.15, 0.2) is 86.2 Å². The molecule has 7 nitrogen and oxygen atoms in total. The summed E-state index contributed by atoms with van der Waals surface area (Å²) in [5.41, 5.74) is 2.96. The van der Waals surface area contributed by atoms with Crippen molar-refractivity contribution < 1.29 is 19.0 Å². The van der Waals surface area contributed by atoms with Gasteiger partial charge in [0.15, 0.2) is 4.80 Å². The second-order valence-corrected chi connectivity index (χ2v) is 12.7. The summed E-state index contributed by atoms with van der Waals surface area (Å²) in [4.78, 5) is 32.8. The molecule has 5 rings (SSSR count). The van der Waals surface area contributed by atoms with Crippen LogP contribution >= 0.6 is 50.5 Å². The Morgan fingerprint density at radius 1 is 1.09 bits per heavy atom. The highest BCUT2D eigenvalue weighted by molar-refractivity contribution is 9.10. The number of methoxy groups -OCH3 is 1. The quantitative estimate of drug-likeness (QED) is 0.162. The van der Waals surface area contributed by atoms with Crippen LogP contribution in [0.1, 0.15) is 49.4 Å². The largest absolute Gasteiger partial charge is 0.496 e. The summed E-state index contributed by atoms with van der Waals surface area (Å²) in [5, 5.41) is 1.10. The van der Waals surface area contributed by atoms with Crippen LogP contribution in [-0.2, 0) is 16.1 Å². The van der Waals surface area contributed by atoms with Gasteiger partial charge in [-0.15, -0.1) is 0 Å². The third-order valence-electron chi connectivity index (χ3n) is 6.97. The number of esters is 1. The van der Waals surface area contributed by atoms with Crippen LogP contribution in [-0.4, -0.2) is 24.3 Å². The monoisotopic (exact) mass is 714 g/mol. The van der Waals surface area contributed by atoms with Gasteiger partial charge in [0.2, 0.25) is 0 Å². The van der Waals surface area contributed by atoms with Crippen molar-refractivity contribution in [3.8, 4) is 11.5 Å². The molecule has 3 aromatic carbocycles. The Morgan fingerprint density at radius 2 is 1.86 bits per heavy atom. The summed E-state index contributed by atoms with van der Waals surface area (Å²) in [6.45, 7) is 4.26. The highest BCUT2D eigenvalue weighted by atomic mass is 79.9. The van der Waals surface area contributed by atoms with E-state index in [0.717, 1.165) is 22.0 Å². The molecule has 44 heavy (non-hydrogen) atoms. The lowest BCUT2D eigenvalue weighted by atomic mass is 9.93. The molecule has 11 heteroatoms. The van der Waals surface area contributed by atoms with Gasteiger partial charge >= 0.3 is 5.97 Å². The lowest BCUT2D eigenvalue weighted by molar-refractivity contribution is -0.139. The fraction of sp³-hybridized carbons (Fsp3) is 0.242. The molecule has 1 aliphatic heterocycles. The molecular weight excluding hydrogens is 687 g/mol. The van der Waals surface area contributed by atoms with Crippen LogP contribution in [0.4, 0.5) is 0 Å². The molecule has 2 heterocycles. The SMILES string of the molecule is CCCC1=C(C(=O)OCC)[C@H](c2cc(Br)ccc2OC)n2c(s/c(=C/c3ccc(OCc4ccc(Cl)cc4Cl)cc3)c2=O)=N1. The minimum Gasteiger partial charge on any atom is -0.496 e. The number of benzene rings is 3. The standard InChI is InChI=1S/C33H29BrCl2N2O5S/c1-4-6-26-29(32(40)42-5-2)30(24-16-21(34)10-14-27(24)41-3)38-31(39)28(44-33(38)37-26)15-19-7-12-23(13-8-19)43-18-20-9-11-22(35)17-25(20)36/h7-17,30H,4-6,18H2,1-3H3/b28-15+/t30-/m0/s1. The van der Waals surface area contributed by atoms with Crippen LogP contribution in [0.2, 0.25) is 10.0 Å². The Hall–Kier alpha value is -3.37. The number of halogens is 3. The minimum atomic E-state index is -0.781. The van der Waals surface area contributed by atoms with E-state index in [-0.39, 0.29) is 18.8 Å². The average Bonchev–Trinajstić information content (AvgIpc) is 3.31. The van der Waals surface area contributed by atoms with E-state index in [4.69, 9.17) is 42.4 Å². The van der Waals surface area contributed by atoms with Crippen molar-refractivity contribution in [1.29, 1.82) is 0 Å². The Labute approximate surface area is 277 Å². The topological polar surface area (TPSA) is 79.1 Å². The van der Waals surface area contributed by atoms with Crippen molar-refractivity contribution in [2.24, 2.45) is 4.99 Å². The van der Waals surface area contributed by atoms with Crippen molar-refractivity contribution in [3.63, 3.8) is 0 Å². The number of carbonyl (C=O) groups excluding carboxylic acids is 1. The van der Waals surface area contributed by atoms with Gasteiger partial charge in [-0.1, -0.05) is 82.0 Å². The second kappa shape index (κ2) is 14.2. The van der Waals surface area contributed by atoms with Crippen LogP contribution in [0, 0.1) is 0 Å². The van der Waals surface area contributed by atoms with Crippen molar-refractivity contribution in [2.45, 2.75) is 39.3 Å². The molecule has 1 aliphatic rings. The summed E-state index contributed by atoms with van der Waals surface area (Å²) in [6, 6.07) is 17.4. The maximum Gasteiger partial charge on any atom is 0.338 e. The van der Waals surface area contributed by atoms with Crippen LogP contribution < -0.4 is 24.4 Å². The molecule has 0 fully saturated rings. The number of ether oxygens (including phenoxy) is 3. The third kappa shape index (κ3) is 6.81. The van der Waals surface area contributed by atoms with E-state index in [1.54, 1.807) is 30.7 Å². The summed E-state index contributed by atoms with van der Waals surface area (Å²) in [5.74, 6) is 0.693. The number of thiazole rings is 1. The molecule has 0 amide bonds. The van der Waals surface area contributed by atoms with E-state index < -0.39 is 12.0 Å². The summed E-state index contributed by atoms with van der Waals surface area (Å²) >= 11 is 17.1. The molecule has 1 atom stereocenters. The van der Waals surface area contributed by atoms with Crippen LogP contribution in [0.3, 0.4) is 0 Å². The zero-order valence-electron chi connectivity index (χ0n) is 24.2. The Balaban J connectivity index is 1.56. The summed E-state index contributed by atoms with van der Waals surface area (Å²) in [7, 11) is 1.56. The van der Waals surface area contributed by atoms with Crippen LogP contribution in [0.25, 0.3) is 6.08 Å². The molecule has 0 saturated carbocycles. The summed E-state index contributed by atoms with van der Waals surface area (Å²) < 4.78 is 19.9. The first-order valence-corrected chi connectivity index (χ1v) is 16.3. The van der Waals surface area contributed by atoms with Gasteiger partial charge < -0.3 is 14.2 Å². The van der Waals surface area contributed by atoms with E-state index in [1.165, 1.54) is 11.3 Å². The van der Waals surface area contributed by atoms with Gasteiger partial charge in [0.1, 0.15) is 24.1 Å². The molecule has 0 aliphatic carbocycles. The molecular formula is C33H29BrCl2N2O5S. The molecule has 1 aromatic heterocycles. The Bertz CT molecular complexity index is 1920. The second-order valence-electron chi connectivity index (χ2n) is 9.89. The average molecular weight is 716 g/mol. The number of hydrogen-bond donors (Lipinski definition) is 0. The number of allylic oxidation sites excluding steroid dienone is 1. The predicted octanol–water partition coefficient (Wildman–Crippen LogP) is 7.24. The van der Waals surface area contributed by atoms with Crippen LogP contribution in [0.5, 0.6) is 11.5 Å². The predicted molar refractivity (Wildman–Crippen MR) is 178 cm³/mol. The molecule has 0 N–H and O–H groups in total. The summed E-state index contributed by atoms with van der Waals surface area (Å²) in [6.07, 6.45) is 3.12. The fourth-order valence-electron chi connectivity index (χ4n) is 4.95. The highest BCUT2D eigenvalue weighted by Gasteiger charge is 2.36. The molecule has 0 saturated heterocycles. The molecule has 0 unspecified atom stereocenters. The lowest BCUT2D eigenvalue weighted by Gasteiger charge is -2.27. The van der Waals surface area contributed by atoms with Gasteiger partial charge in [0.25, 0.3) is 5.56 Å². The molecule has 228 valence electrons. The number of fused-ring (bicyclic) bond motifs is 1. The van der Waals surface area contributed by atoms with Crippen molar-refractivity contribution >= 4 is 62.5 Å². The molecule has 0 spiro atoms. The van der Waals surface area contributed by atoms with E-state index in [2.05, 4.69) is 15.9 Å². The first-order chi connectivity index (χ1) is 21.2. The van der Waals surface area contributed by atoms with E-state index in [9.17, 15) is 9.59 Å². The van der Waals surface area contributed by atoms with Gasteiger partial charge in [-0.3, -0.25) is 9.36 Å². The number of nitrogens with zero attached hydrogens (tertiary/aromatic N) is 2. The van der Waals surface area contributed by atoms with Gasteiger partial charge in [-0.25, -0.2) is 9.79 Å². The Kier molecular flexibility index (Phi) is 10.3. The fourth-order valence-corrected chi connectivity index (χ4v) is 6.81. The maximum atomic E-state index is 14.1. The van der Waals surface area contributed by atoms with Gasteiger partial charge in [-0.05, 0) is 67.4 Å². The van der Waals surface area contributed by atoms with E-state index in [1.807, 2.05) is 61.5 Å². The number of hydrogen-bond acceptors (Lipinski definition) is 7. The number of rotatable bonds is 10. The normalized spacial score (nSPS) is 14.7. The number of carbonyl (C=O) groups is 1. The van der Waals surface area contributed by atoms with E-state index >= 15 is 0 Å². The third-order valence-corrected chi connectivity index (χ3v) is 9.03. The van der Waals surface area contributed by atoms with Crippen molar-refractivity contribution in [2.75, 3.05) is 13.7 Å². The molecule has 0 bridgehead atoms. The van der Waals surface area contributed by atoms with Crippen molar-refractivity contribution in [3.05, 3.63) is 123 Å². The lowest BCUT2D eigenvalue weighted by Crippen LogP contribution is -2.40.